The fourth-order valence-corrected chi connectivity index (χ4v) is 2.70. The molecule has 0 heterocycles. The highest BCUT2D eigenvalue weighted by molar-refractivity contribution is 7.44. The van der Waals surface area contributed by atoms with Gasteiger partial charge in [0.2, 0.25) is 0 Å². The number of rotatable bonds is 5. The third kappa shape index (κ3) is 8.00. The Morgan fingerprint density at radius 1 is 1.09 bits per heavy atom. The van der Waals surface area contributed by atoms with Crippen molar-refractivity contribution in [2.45, 2.75) is 34.1 Å². The van der Waals surface area contributed by atoms with E-state index in [2.05, 4.69) is 27.7 Å². The smallest absolute Gasteiger partial charge is 0.0748 e. The molecule has 0 aromatic carbocycles. The predicted octanol–water partition coefficient (Wildman–Crippen LogP) is 3.52. The molecule has 0 saturated carbocycles. The van der Waals surface area contributed by atoms with Crippen LogP contribution in [-0.2, 0) is 4.57 Å². The molecule has 0 fully saturated rings. The second-order valence-electron chi connectivity index (χ2n) is 3.96. The van der Waals surface area contributed by atoms with E-state index >= 15 is 0 Å². The molecule has 0 N–H and O–H groups in total. The van der Waals surface area contributed by atoms with Crippen molar-refractivity contribution in [2.24, 2.45) is 11.8 Å². The van der Waals surface area contributed by atoms with Gasteiger partial charge in [0.25, 0.3) is 0 Å². The van der Waals surface area contributed by atoms with E-state index in [-0.39, 0.29) is 0 Å². The van der Waals surface area contributed by atoms with E-state index in [1.165, 1.54) is 0 Å². The first-order valence-electron chi connectivity index (χ1n) is 4.44. The van der Waals surface area contributed by atoms with E-state index in [0.717, 1.165) is 18.7 Å². The normalized spacial score (nSPS) is 12.7. The molecule has 0 aromatic heterocycles. The van der Waals surface area contributed by atoms with E-state index < -0.39 is 7.80 Å². The van der Waals surface area contributed by atoms with Crippen molar-refractivity contribution in [3.8, 4) is 0 Å². The van der Waals surface area contributed by atoms with Crippen molar-refractivity contribution in [3.63, 3.8) is 0 Å². The van der Waals surface area contributed by atoms with Crippen molar-refractivity contribution in [1.82, 2.24) is 0 Å². The number of hydrogen-bond acceptors (Lipinski definition) is 1. The minimum absolute atomic E-state index is 0.589. The quantitative estimate of drug-likeness (QED) is 0.584. The van der Waals surface area contributed by atoms with Gasteiger partial charge in [-0.25, -0.2) is 0 Å². The zero-order chi connectivity index (χ0) is 8.85. The van der Waals surface area contributed by atoms with Crippen LogP contribution in [0.5, 0.6) is 0 Å². The summed E-state index contributed by atoms with van der Waals surface area (Å²) in [5, 5.41) is 0. The lowest BCUT2D eigenvalue weighted by atomic mass is 10.2. The Kier molecular flexibility index (Phi) is 5.76. The second kappa shape index (κ2) is 5.71. The fourth-order valence-electron chi connectivity index (χ4n) is 0.901. The van der Waals surface area contributed by atoms with E-state index in [1.54, 1.807) is 0 Å². The summed E-state index contributed by atoms with van der Waals surface area (Å²) < 4.78 is 11.3. The van der Waals surface area contributed by atoms with Gasteiger partial charge in [0, 0.05) is 0 Å². The molecule has 0 aliphatic rings. The van der Waals surface area contributed by atoms with Gasteiger partial charge in [-0.05, 0) is 18.3 Å². The van der Waals surface area contributed by atoms with Crippen LogP contribution in [0.15, 0.2) is 0 Å². The van der Waals surface area contributed by atoms with Crippen LogP contribution < -0.4 is 0 Å². The zero-order valence-electron chi connectivity index (χ0n) is 8.13. The van der Waals surface area contributed by atoms with Gasteiger partial charge >= 0.3 is 7.80 Å². The molecule has 66 valence electrons. The van der Waals surface area contributed by atoms with Crippen LogP contribution in [0.2, 0.25) is 0 Å². The summed E-state index contributed by atoms with van der Waals surface area (Å²) in [6.07, 6.45) is 2.94. The molecule has 0 aliphatic carbocycles. The van der Waals surface area contributed by atoms with Crippen molar-refractivity contribution in [3.05, 3.63) is 0 Å². The third-order valence-electron chi connectivity index (χ3n) is 1.52. The Labute approximate surface area is 71.4 Å². The number of hydrogen-bond donors (Lipinski definition) is 0. The zero-order valence-corrected chi connectivity index (χ0v) is 9.03. The molecule has 2 heteroatoms. The maximum absolute atomic E-state index is 11.3. The topological polar surface area (TPSA) is 17.1 Å². The Bertz CT molecular complexity index is 119. The molecule has 1 nitrogen and oxygen atoms in total. The van der Waals surface area contributed by atoms with E-state index in [1.807, 2.05) is 0 Å². The van der Waals surface area contributed by atoms with Gasteiger partial charge in [-0.15, -0.1) is 0 Å². The largest absolute Gasteiger partial charge is 0.338 e. The molecule has 0 rings (SSSR count). The highest BCUT2D eigenvalue weighted by Gasteiger charge is 2.16. The molecule has 1 atom stereocenters. The average Bonchev–Trinajstić information content (AvgIpc) is 1.82. The molecular formula is C9H20OP+. The first-order chi connectivity index (χ1) is 5.02. The van der Waals surface area contributed by atoms with Crippen LogP contribution in [0.25, 0.3) is 0 Å². The first kappa shape index (κ1) is 11.1. The molecule has 1 unspecified atom stereocenters. The lowest BCUT2D eigenvalue weighted by Crippen LogP contribution is -1.95. The molecule has 0 spiro atoms. The average molecular weight is 175 g/mol. The van der Waals surface area contributed by atoms with Crippen LogP contribution in [0.1, 0.15) is 34.1 Å². The molecule has 0 radical (unpaired) electrons. The van der Waals surface area contributed by atoms with Gasteiger partial charge in [-0.3, -0.25) is 0 Å². The van der Waals surface area contributed by atoms with Crippen molar-refractivity contribution in [2.75, 3.05) is 12.3 Å². The highest BCUT2D eigenvalue weighted by atomic mass is 31.1. The second-order valence-corrected chi connectivity index (χ2v) is 5.74. The third-order valence-corrected chi connectivity index (χ3v) is 3.42. The summed E-state index contributed by atoms with van der Waals surface area (Å²) in [7, 11) is -0.903. The van der Waals surface area contributed by atoms with Crippen molar-refractivity contribution >= 4 is 7.80 Å². The molecular weight excluding hydrogens is 155 g/mol. The summed E-state index contributed by atoms with van der Waals surface area (Å²) in [6.45, 7) is 8.61. The van der Waals surface area contributed by atoms with Crippen LogP contribution >= 0.6 is 7.80 Å². The molecule has 0 bridgehead atoms. The van der Waals surface area contributed by atoms with Crippen LogP contribution in [0.4, 0.5) is 0 Å². The monoisotopic (exact) mass is 175 g/mol. The molecule has 0 aliphatic heterocycles. The Morgan fingerprint density at radius 2 is 1.64 bits per heavy atom. The predicted molar refractivity (Wildman–Crippen MR) is 51.6 cm³/mol. The highest BCUT2D eigenvalue weighted by Crippen LogP contribution is 2.26. The molecule has 0 aromatic rings. The van der Waals surface area contributed by atoms with Crippen molar-refractivity contribution in [1.29, 1.82) is 0 Å². The summed E-state index contributed by atoms with van der Waals surface area (Å²) in [4.78, 5) is 0. The summed E-state index contributed by atoms with van der Waals surface area (Å²) in [5.41, 5.74) is 0. The van der Waals surface area contributed by atoms with Gasteiger partial charge in [0.05, 0.1) is 0 Å². The Morgan fingerprint density at radius 3 is 2.00 bits per heavy atom. The van der Waals surface area contributed by atoms with Gasteiger partial charge in [0.15, 0.2) is 0 Å². The van der Waals surface area contributed by atoms with Gasteiger partial charge in [-0.2, -0.15) is 0 Å². The van der Waals surface area contributed by atoms with Crippen LogP contribution in [-0.4, -0.2) is 12.3 Å². The lowest BCUT2D eigenvalue weighted by Gasteiger charge is -1.97. The van der Waals surface area contributed by atoms with Crippen LogP contribution in [0, 0.1) is 11.8 Å². The summed E-state index contributed by atoms with van der Waals surface area (Å²) >= 11 is 0. The van der Waals surface area contributed by atoms with Gasteiger partial charge in [-0.1, -0.05) is 32.3 Å². The Hall–Kier alpha value is 0.100. The van der Waals surface area contributed by atoms with Crippen LogP contribution in [0.3, 0.4) is 0 Å². The minimum atomic E-state index is -0.903. The maximum atomic E-state index is 11.3. The maximum Gasteiger partial charge on any atom is 0.338 e. The van der Waals surface area contributed by atoms with Gasteiger partial charge in [0.1, 0.15) is 12.3 Å². The Balaban J connectivity index is 3.38. The summed E-state index contributed by atoms with van der Waals surface area (Å²) in [6, 6.07) is 0. The fraction of sp³-hybridized carbons (Fsp3) is 1.00. The SMILES string of the molecule is CC(C)CC[P+](=O)CC(C)C. The standard InChI is InChI=1S/C9H20OP/c1-8(2)5-6-11(10)7-9(3)4/h8-9H,5-7H2,1-4H3/q+1. The molecule has 11 heavy (non-hydrogen) atoms. The van der Waals surface area contributed by atoms with E-state index in [9.17, 15) is 4.57 Å². The van der Waals surface area contributed by atoms with Crippen molar-refractivity contribution < 1.29 is 4.57 Å². The lowest BCUT2D eigenvalue weighted by molar-refractivity contribution is 0.566. The van der Waals surface area contributed by atoms with E-state index in [4.69, 9.17) is 0 Å². The first-order valence-corrected chi connectivity index (χ1v) is 6.07. The van der Waals surface area contributed by atoms with Gasteiger partial charge < -0.3 is 0 Å². The minimum Gasteiger partial charge on any atom is -0.0748 e. The summed E-state index contributed by atoms with van der Waals surface area (Å²) in [5.74, 6) is 1.28. The molecule has 0 saturated heterocycles. The van der Waals surface area contributed by atoms with E-state index in [0.29, 0.717) is 11.8 Å². The molecule has 0 amide bonds.